The van der Waals surface area contributed by atoms with E-state index in [2.05, 4.69) is 30.6 Å². The summed E-state index contributed by atoms with van der Waals surface area (Å²) in [6.07, 6.45) is 2.74. The number of aromatic nitrogens is 6. The summed E-state index contributed by atoms with van der Waals surface area (Å²) in [6, 6.07) is 32.5. The second-order valence-corrected chi connectivity index (χ2v) is 24.4. The van der Waals surface area contributed by atoms with Crippen LogP contribution in [-0.4, -0.2) is 103 Å². The molecule has 64 heavy (non-hydrogen) atoms. The van der Waals surface area contributed by atoms with Gasteiger partial charge in [0.25, 0.3) is 0 Å². The van der Waals surface area contributed by atoms with Crippen molar-refractivity contribution in [2.24, 2.45) is 21.0 Å². The van der Waals surface area contributed by atoms with E-state index >= 15 is 0 Å². The lowest BCUT2D eigenvalue weighted by molar-refractivity contribution is -0.115. The maximum Gasteiger partial charge on any atom is 0.183 e. The van der Waals surface area contributed by atoms with E-state index in [4.69, 9.17) is 0 Å². The maximum atomic E-state index is 13.4. The number of Topliss-reactive ketones (excluding diaryl/α,β-unsaturated/α-hetero) is 1. The van der Waals surface area contributed by atoms with Crippen LogP contribution in [0.25, 0.3) is 0 Å². The summed E-state index contributed by atoms with van der Waals surface area (Å²) < 4.78 is 109. The molecule has 10 rings (SSSR count). The van der Waals surface area contributed by atoms with E-state index < -0.39 is 72.5 Å². The molecule has 21 heteroatoms. The van der Waals surface area contributed by atoms with Crippen LogP contribution in [0, 0.1) is 10.8 Å². The SMILES string of the molecule is CC(C)=O.C[C@]12C(CS(=O)(=O)c3ccccc3)=Nn3cnnc3[C@H]1[C@@H]2S(=O)(=O)c1ccccc1.C[C@]12C(CS(=O)(=O)c3ccccc3)=Nn3cnnc3[C@H]1[C@@H]2S(=O)(=O)c1ccccc1. The van der Waals surface area contributed by atoms with Gasteiger partial charge >= 0.3 is 0 Å². The number of fused-ring (bicyclic) bond motifs is 6. The quantitative estimate of drug-likeness (QED) is 0.185. The number of sulfone groups is 4. The van der Waals surface area contributed by atoms with Crippen molar-refractivity contribution < 1.29 is 38.5 Å². The Morgan fingerprint density at radius 3 is 1.08 bits per heavy atom. The van der Waals surface area contributed by atoms with E-state index in [9.17, 15) is 38.5 Å². The van der Waals surface area contributed by atoms with Crippen LogP contribution in [0.3, 0.4) is 0 Å². The molecule has 6 atom stereocenters. The van der Waals surface area contributed by atoms with Crippen LogP contribution in [0.2, 0.25) is 0 Å². The van der Waals surface area contributed by atoms with Crippen LogP contribution < -0.4 is 0 Å². The van der Waals surface area contributed by atoms with E-state index in [0.717, 1.165) is 0 Å². The number of benzene rings is 4. The fraction of sp³-hybridized carbons (Fsp3) is 0.279. The maximum absolute atomic E-state index is 13.4. The summed E-state index contributed by atoms with van der Waals surface area (Å²) in [5, 5.41) is 23.0. The molecule has 17 nitrogen and oxygen atoms in total. The first-order valence-electron chi connectivity index (χ1n) is 19.8. The first kappa shape index (κ1) is 44.6. The zero-order valence-electron chi connectivity index (χ0n) is 34.8. The molecule has 4 aliphatic rings. The van der Waals surface area contributed by atoms with Crippen molar-refractivity contribution in [1.82, 2.24) is 29.7 Å². The van der Waals surface area contributed by atoms with Crippen LogP contribution in [0.15, 0.2) is 164 Å². The molecule has 2 saturated carbocycles. The molecule has 0 N–H and O–H groups in total. The van der Waals surface area contributed by atoms with Crippen molar-refractivity contribution in [2.45, 2.75) is 69.6 Å². The predicted octanol–water partition coefficient (Wildman–Crippen LogP) is 4.43. The molecule has 4 aromatic carbocycles. The molecule has 0 amide bonds. The van der Waals surface area contributed by atoms with E-state index in [0.29, 0.717) is 23.1 Å². The lowest BCUT2D eigenvalue weighted by Crippen LogP contribution is -2.31. The van der Waals surface area contributed by atoms with Crippen molar-refractivity contribution in [3.8, 4) is 0 Å². The minimum atomic E-state index is -3.74. The zero-order chi connectivity index (χ0) is 45.9. The van der Waals surface area contributed by atoms with Gasteiger partial charge in [0, 0.05) is 10.8 Å². The van der Waals surface area contributed by atoms with Gasteiger partial charge in [-0.15, -0.1) is 20.4 Å². The molecule has 0 saturated heterocycles. The van der Waals surface area contributed by atoms with Gasteiger partial charge in [0.15, 0.2) is 51.0 Å². The van der Waals surface area contributed by atoms with Crippen molar-refractivity contribution in [3.63, 3.8) is 0 Å². The largest absolute Gasteiger partial charge is 0.300 e. The van der Waals surface area contributed by atoms with Crippen molar-refractivity contribution in [3.05, 3.63) is 146 Å². The van der Waals surface area contributed by atoms with E-state index in [-0.39, 0.29) is 36.9 Å². The Hall–Kier alpha value is -6.03. The van der Waals surface area contributed by atoms with Gasteiger partial charge in [0.2, 0.25) is 0 Å². The molecule has 2 aromatic heterocycles. The van der Waals surface area contributed by atoms with Crippen molar-refractivity contribution >= 4 is 56.6 Å². The third-order valence-electron chi connectivity index (χ3n) is 11.9. The Labute approximate surface area is 370 Å². The summed E-state index contributed by atoms with van der Waals surface area (Å²) in [6.45, 7) is 6.56. The molecule has 4 heterocycles. The highest BCUT2D eigenvalue weighted by Crippen LogP contribution is 2.67. The molecule has 6 aromatic rings. The average Bonchev–Trinajstić information content (AvgIpc) is 3.89. The average molecular weight is 943 g/mol. The highest BCUT2D eigenvalue weighted by molar-refractivity contribution is 7.93. The van der Waals surface area contributed by atoms with Gasteiger partial charge in [-0.25, -0.2) is 43.0 Å². The van der Waals surface area contributed by atoms with Crippen LogP contribution in [0.4, 0.5) is 0 Å². The van der Waals surface area contributed by atoms with E-state index in [1.165, 1.54) is 60.1 Å². The minimum Gasteiger partial charge on any atom is -0.300 e. The van der Waals surface area contributed by atoms with Gasteiger partial charge in [-0.1, -0.05) is 86.6 Å². The lowest BCUT2D eigenvalue weighted by atomic mass is 9.99. The summed E-state index contributed by atoms with van der Waals surface area (Å²) in [4.78, 5) is 10.2. The molecule has 2 fully saturated rings. The summed E-state index contributed by atoms with van der Waals surface area (Å²) in [5.74, 6) is -0.733. The Morgan fingerprint density at radius 1 is 0.500 bits per heavy atom. The van der Waals surface area contributed by atoms with Crippen LogP contribution in [-0.2, 0) is 44.1 Å². The fourth-order valence-electron chi connectivity index (χ4n) is 8.63. The second-order valence-electron chi connectivity index (χ2n) is 16.3. The highest BCUT2D eigenvalue weighted by Gasteiger charge is 2.75. The Kier molecular flexibility index (Phi) is 11.3. The zero-order valence-corrected chi connectivity index (χ0v) is 38.1. The van der Waals surface area contributed by atoms with Gasteiger partial charge in [0.05, 0.1) is 64.8 Å². The number of carbonyl (C=O) groups is 1. The predicted molar refractivity (Wildman–Crippen MR) is 236 cm³/mol. The molecule has 0 unspecified atom stereocenters. The van der Waals surface area contributed by atoms with Crippen LogP contribution in [0.5, 0.6) is 0 Å². The summed E-state index contributed by atoms with van der Waals surface area (Å²) >= 11 is 0. The molecular formula is C43H42N8O9S4. The second kappa shape index (κ2) is 16.2. The summed E-state index contributed by atoms with van der Waals surface area (Å²) in [7, 11) is -14.9. The van der Waals surface area contributed by atoms with Gasteiger partial charge < -0.3 is 4.79 Å². The minimum absolute atomic E-state index is 0.167. The fourth-order valence-corrected chi connectivity index (χ4v) is 16.4. The highest BCUT2D eigenvalue weighted by atomic mass is 32.2. The van der Waals surface area contributed by atoms with Gasteiger partial charge in [-0.3, -0.25) is 0 Å². The Balaban J connectivity index is 0.000000162. The van der Waals surface area contributed by atoms with Crippen LogP contribution in [0.1, 0.15) is 51.2 Å². The number of nitrogens with zero attached hydrogens (tertiary/aromatic N) is 8. The van der Waals surface area contributed by atoms with Gasteiger partial charge in [-0.2, -0.15) is 10.2 Å². The lowest BCUT2D eigenvalue weighted by Gasteiger charge is -2.19. The third kappa shape index (κ3) is 7.72. The first-order valence-corrected chi connectivity index (χ1v) is 26.2. The van der Waals surface area contributed by atoms with Gasteiger partial charge in [-0.05, 0) is 62.4 Å². The number of ketones is 1. The van der Waals surface area contributed by atoms with E-state index in [1.807, 2.05) is 0 Å². The standard InChI is InChI=1S/2C20H18N4O4S2.C3H6O/c2*1-20-16(12-29(25,26)14-8-4-2-5-9-14)23-24-13-21-22-19(24)17(20)18(20)30(27,28)15-10-6-3-7-11-15;1-3(2)4/h2*2-11,13,17-18H,12H2,1H3;1-2H3/t2*17-,18+,20+;/m11./s1. The van der Waals surface area contributed by atoms with Crippen molar-refractivity contribution in [2.75, 3.05) is 11.5 Å². The van der Waals surface area contributed by atoms with Crippen molar-refractivity contribution in [1.29, 1.82) is 0 Å². The monoisotopic (exact) mass is 942 g/mol. The van der Waals surface area contributed by atoms with Gasteiger partial charge in [0.1, 0.15) is 18.4 Å². The Bertz CT molecular complexity index is 3060. The van der Waals surface area contributed by atoms with E-state index in [1.54, 1.807) is 111 Å². The van der Waals surface area contributed by atoms with Crippen LogP contribution >= 0.6 is 0 Å². The third-order valence-corrected chi connectivity index (χ3v) is 19.9. The normalized spacial score (nSPS) is 24.0. The molecule has 2 aliphatic carbocycles. The molecular weight excluding hydrogens is 901 g/mol. The first-order chi connectivity index (χ1) is 30.3. The number of rotatable bonds is 10. The number of carbonyl (C=O) groups excluding carboxylic acids is 1. The molecule has 0 spiro atoms. The topological polar surface area (TPSA) is 240 Å². The molecule has 0 radical (unpaired) electrons. The number of hydrogen-bond acceptors (Lipinski definition) is 15. The smallest absolute Gasteiger partial charge is 0.183 e. The number of hydrogen-bond donors (Lipinski definition) is 0. The molecule has 2 aliphatic heterocycles. The molecule has 332 valence electrons. The molecule has 0 bridgehead atoms. The Morgan fingerprint density at radius 2 is 0.781 bits per heavy atom. The summed E-state index contributed by atoms with van der Waals surface area (Å²) in [5.41, 5.74) is -1.35.